The topological polar surface area (TPSA) is 69.6 Å². The summed E-state index contributed by atoms with van der Waals surface area (Å²) >= 11 is 0. The van der Waals surface area contributed by atoms with Gasteiger partial charge in [0.2, 0.25) is 10.0 Å². The highest BCUT2D eigenvalue weighted by molar-refractivity contribution is 7.89. The van der Waals surface area contributed by atoms with Gasteiger partial charge in [0.15, 0.2) is 0 Å². The molecular formula is C16H26N2O3S. The molecule has 1 atom stereocenters. The van der Waals surface area contributed by atoms with Gasteiger partial charge in [-0.15, -0.1) is 0 Å². The Balaban J connectivity index is 1.78. The molecule has 1 aliphatic heterocycles. The van der Waals surface area contributed by atoms with Crippen LogP contribution in [0.25, 0.3) is 0 Å². The van der Waals surface area contributed by atoms with Crippen molar-refractivity contribution in [2.75, 3.05) is 25.4 Å². The quantitative estimate of drug-likeness (QED) is 0.797. The minimum Gasteiger partial charge on any atom is -0.387 e. The summed E-state index contributed by atoms with van der Waals surface area (Å²) in [5.74, 6) is 0.194. The van der Waals surface area contributed by atoms with Crippen molar-refractivity contribution in [1.82, 2.24) is 9.62 Å². The number of hydrogen-bond donors (Lipinski definition) is 2. The van der Waals surface area contributed by atoms with Gasteiger partial charge in [0.05, 0.1) is 11.9 Å². The molecule has 0 bridgehead atoms. The summed E-state index contributed by atoms with van der Waals surface area (Å²) < 4.78 is 26.3. The van der Waals surface area contributed by atoms with Crippen molar-refractivity contribution < 1.29 is 13.5 Å². The van der Waals surface area contributed by atoms with Crippen molar-refractivity contribution in [3.05, 3.63) is 35.9 Å². The fourth-order valence-electron chi connectivity index (χ4n) is 2.84. The summed E-state index contributed by atoms with van der Waals surface area (Å²) in [7, 11) is -3.13. The van der Waals surface area contributed by atoms with Gasteiger partial charge in [0, 0.05) is 12.6 Å². The van der Waals surface area contributed by atoms with Crippen LogP contribution in [0.2, 0.25) is 0 Å². The van der Waals surface area contributed by atoms with Crippen LogP contribution in [0.1, 0.15) is 37.9 Å². The average molecular weight is 326 g/mol. The highest BCUT2D eigenvalue weighted by Crippen LogP contribution is 2.17. The Morgan fingerprint density at radius 3 is 2.50 bits per heavy atom. The number of aliphatic hydroxyl groups excluding tert-OH is 1. The molecule has 0 aliphatic carbocycles. The van der Waals surface area contributed by atoms with Crippen molar-refractivity contribution >= 4 is 10.0 Å². The van der Waals surface area contributed by atoms with Crippen LogP contribution in [0, 0.1) is 0 Å². The fraction of sp³-hybridized carbons (Fsp3) is 0.625. The molecule has 5 nitrogen and oxygen atoms in total. The lowest BCUT2D eigenvalue weighted by Gasteiger charge is -2.33. The molecule has 1 saturated heterocycles. The predicted molar refractivity (Wildman–Crippen MR) is 88.1 cm³/mol. The molecule has 2 N–H and O–H groups in total. The fourth-order valence-corrected chi connectivity index (χ4v) is 4.24. The molecule has 6 heteroatoms. The van der Waals surface area contributed by atoms with Crippen LogP contribution in [0.3, 0.4) is 0 Å². The van der Waals surface area contributed by atoms with Gasteiger partial charge in [-0.2, -0.15) is 0 Å². The maximum absolute atomic E-state index is 11.8. The van der Waals surface area contributed by atoms with E-state index in [9.17, 15) is 13.5 Å². The average Bonchev–Trinajstić information content (AvgIpc) is 2.49. The van der Waals surface area contributed by atoms with Gasteiger partial charge >= 0.3 is 0 Å². The molecule has 1 heterocycles. The Labute approximate surface area is 133 Å². The van der Waals surface area contributed by atoms with Gasteiger partial charge in [0.1, 0.15) is 0 Å². The van der Waals surface area contributed by atoms with E-state index in [-0.39, 0.29) is 11.8 Å². The maximum atomic E-state index is 11.8. The second-order valence-electron chi connectivity index (χ2n) is 5.94. The molecule has 0 aromatic heterocycles. The smallest absolute Gasteiger partial charge is 0.211 e. The molecule has 1 fully saturated rings. The third kappa shape index (κ3) is 5.35. The molecule has 0 spiro atoms. The standard InChI is InChI=1S/C16H26N2O3S/c1-2-12-22(20,21)17-15-8-10-18(11-9-15)13-16(19)14-6-4-3-5-7-14/h3-7,15-17,19H,2,8-13H2,1H3. The first-order chi connectivity index (χ1) is 10.5. The Morgan fingerprint density at radius 1 is 1.27 bits per heavy atom. The summed E-state index contributed by atoms with van der Waals surface area (Å²) in [6.07, 6.45) is 1.74. The number of piperidine rings is 1. The summed E-state index contributed by atoms with van der Waals surface area (Å²) in [6, 6.07) is 9.67. The Bertz CT molecular complexity index is 540. The monoisotopic (exact) mass is 326 g/mol. The Hall–Kier alpha value is -0.950. The first kappa shape index (κ1) is 17.4. The molecule has 1 aromatic carbocycles. The second-order valence-corrected chi connectivity index (χ2v) is 7.81. The molecule has 1 aliphatic rings. The number of sulfonamides is 1. The van der Waals surface area contributed by atoms with E-state index in [2.05, 4.69) is 9.62 Å². The zero-order chi connectivity index (χ0) is 16.0. The highest BCUT2D eigenvalue weighted by Gasteiger charge is 2.24. The molecule has 0 saturated carbocycles. The number of likely N-dealkylation sites (tertiary alicyclic amines) is 1. The number of nitrogens with zero attached hydrogens (tertiary/aromatic N) is 1. The second kappa shape index (κ2) is 8.06. The number of hydrogen-bond acceptors (Lipinski definition) is 4. The van der Waals surface area contributed by atoms with Crippen LogP contribution < -0.4 is 4.72 Å². The van der Waals surface area contributed by atoms with Crippen molar-refractivity contribution in [2.24, 2.45) is 0 Å². The van der Waals surface area contributed by atoms with E-state index in [0.717, 1.165) is 31.5 Å². The third-order valence-corrected chi connectivity index (χ3v) is 5.66. The Morgan fingerprint density at radius 2 is 1.91 bits per heavy atom. The first-order valence-electron chi connectivity index (χ1n) is 7.95. The van der Waals surface area contributed by atoms with Crippen LogP contribution in [0.5, 0.6) is 0 Å². The molecule has 124 valence electrons. The highest BCUT2D eigenvalue weighted by atomic mass is 32.2. The summed E-state index contributed by atoms with van der Waals surface area (Å²) in [6.45, 7) is 4.08. The van der Waals surface area contributed by atoms with Gasteiger partial charge < -0.3 is 10.0 Å². The van der Waals surface area contributed by atoms with Crippen LogP contribution in [-0.2, 0) is 10.0 Å². The van der Waals surface area contributed by atoms with Gasteiger partial charge in [-0.05, 0) is 37.9 Å². The first-order valence-corrected chi connectivity index (χ1v) is 9.61. The molecule has 2 rings (SSSR count). The molecular weight excluding hydrogens is 300 g/mol. The number of aliphatic hydroxyl groups is 1. The van der Waals surface area contributed by atoms with Crippen molar-refractivity contribution in [1.29, 1.82) is 0 Å². The van der Waals surface area contributed by atoms with Crippen LogP contribution >= 0.6 is 0 Å². The van der Waals surface area contributed by atoms with Crippen molar-refractivity contribution in [3.63, 3.8) is 0 Å². The van der Waals surface area contributed by atoms with Crippen LogP contribution in [-0.4, -0.2) is 49.9 Å². The lowest BCUT2D eigenvalue weighted by molar-refractivity contribution is 0.0963. The van der Waals surface area contributed by atoms with E-state index in [0.29, 0.717) is 13.0 Å². The van der Waals surface area contributed by atoms with Gasteiger partial charge in [-0.3, -0.25) is 0 Å². The van der Waals surface area contributed by atoms with Gasteiger partial charge in [-0.25, -0.2) is 13.1 Å². The predicted octanol–water partition coefficient (Wildman–Crippen LogP) is 1.51. The Kier molecular flexibility index (Phi) is 6.37. The summed E-state index contributed by atoms with van der Waals surface area (Å²) in [5.41, 5.74) is 0.924. The van der Waals surface area contributed by atoms with E-state index in [1.165, 1.54) is 0 Å². The van der Waals surface area contributed by atoms with Crippen LogP contribution in [0.15, 0.2) is 30.3 Å². The van der Waals surface area contributed by atoms with E-state index < -0.39 is 16.1 Å². The number of β-amino-alcohol motifs (C(OH)–C–C–N with tert-alkyl or cyclic N) is 1. The molecule has 22 heavy (non-hydrogen) atoms. The number of rotatable bonds is 7. The van der Waals surface area contributed by atoms with E-state index in [4.69, 9.17) is 0 Å². The lowest BCUT2D eigenvalue weighted by atomic mass is 10.0. The lowest BCUT2D eigenvalue weighted by Crippen LogP contribution is -2.46. The number of nitrogens with one attached hydrogen (secondary N) is 1. The summed E-state index contributed by atoms with van der Waals surface area (Å²) in [5, 5.41) is 10.2. The normalized spacial score (nSPS) is 19.2. The maximum Gasteiger partial charge on any atom is 0.211 e. The minimum atomic E-state index is -3.13. The third-order valence-electron chi connectivity index (χ3n) is 4.02. The molecule has 1 unspecified atom stereocenters. The van der Waals surface area contributed by atoms with Gasteiger partial charge in [0.25, 0.3) is 0 Å². The van der Waals surface area contributed by atoms with E-state index >= 15 is 0 Å². The van der Waals surface area contributed by atoms with Crippen molar-refractivity contribution in [2.45, 2.75) is 38.3 Å². The largest absolute Gasteiger partial charge is 0.387 e. The molecule has 0 amide bonds. The van der Waals surface area contributed by atoms with Gasteiger partial charge in [-0.1, -0.05) is 37.3 Å². The zero-order valence-electron chi connectivity index (χ0n) is 13.1. The number of benzene rings is 1. The minimum absolute atomic E-state index is 0.0293. The zero-order valence-corrected chi connectivity index (χ0v) is 13.9. The van der Waals surface area contributed by atoms with E-state index in [1.807, 2.05) is 37.3 Å². The molecule has 0 radical (unpaired) electrons. The van der Waals surface area contributed by atoms with E-state index in [1.54, 1.807) is 0 Å². The summed E-state index contributed by atoms with van der Waals surface area (Å²) in [4.78, 5) is 2.20. The van der Waals surface area contributed by atoms with Crippen molar-refractivity contribution in [3.8, 4) is 0 Å². The molecule has 1 aromatic rings. The SMILES string of the molecule is CCCS(=O)(=O)NC1CCN(CC(O)c2ccccc2)CC1. The van der Waals surface area contributed by atoms with Crippen LogP contribution in [0.4, 0.5) is 0 Å².